The smallest absolute Gasteiger partial charge is 0.252 e. The lowest BCUT2D eigenvalue weighted by atomic mass is 9.95. The molecule has 6 heteroatoms. The van der Waals surface area contributed by atoms with Gasteiger partial charge in [0.15, 0.2) is 0 Å². The number of halogens is 1. The summed E-state index contributed by atoms with van der Waals surface area (Å²) in [6.45, 7) is 0.697. The van der Waals surface area contributed by atoms with Crippen LogP contribution in [0.5, 0.6) is 5.75 Å². The number of benzene rings is 2. The second-order valence-corrected chi connectivity index (χ2v) is 7.06. The number of fused-ring (bicyclic) bond motifs is 2. The van der Waals surface area contributed by atoms with E-state index in [0.29, 0.717) is 17.1 Å². The largest absolute Gasteiger partial charge is 0.508 e. The van der Waals surface area contributed by atoms with E-state index >= 15 is 0 Å². The van der Waals surface area contributed by atoms with E-state index in [-0.39, 0.29) is 17.7 Å². The van der Waals surface area contributed by atoms with Crippen LogP contribution in [0.3, 0.4) is 0 Å². The maximum absolute atomic E-state index is 12.4. The average Bonchev–Trinajstić information content (AvgIpc) is 3.03. The highest BCUT2D eigenvalue weighted by atomic mass is 35.5. The Kier molecular flexibility index (Phi) is 3.71. The summed E-state index contributed by atoms with van der Waals surface area (Å²) in [5, 5.41) is 14.6. The molecule has 0 saturated carbocycles. The summed E-state index contributed by atoms with van der Waals surface area (Å²) in [6, 6.07) is 10.2. The number of phenolic OH excluding ortho intramolecular Hbond substituents is 1. The molecule has 1 aliphatic heterocycles. The topological polar surface area (TPSA) is 68.4 Å². The predicted octanol–water partition coefficient (Wildman–Crippen LogP) is 3.42. The maximum atomic E-state index is 12.4. The molecule has 2 aromatic carbocycles. The van der Waals surface area contributed by atoms with Gasteiger partial charge < -0.3 is 20.3 Å². The number of phenols is 1. The van der Waals surface area contributed by atoms with E-state index in [1.807, 2.05) is 32.3 Å². The van der Waals surface area contributed by atoms with Gasteiger partial charge in [-0.1, -0.05) is 11.6 Å². The zero-order valence-electron chi connectivity index (χ0n) is 13.9. The number of carbonyl (C=O) groups is 1. The molecule has 3 N–H and O–H groups in total. The third kappa shape index (κ3) is 2.65. The first-order chi connectivity index (χ1) is 11.9. The van der Waals surface area contributed by atoms with Crippen molar-refractivity contribution in [1.29, 1.82) is 0 Å². The third-order valence-corrected chi connectivity index (χ3v) is 4.75. The second kappa shape index (κ2) is 5.79. The normalized spacial score (nSPS) is 16.5. The molecule has 4 rings (SSSR count). The fourth-order valence-corrected chi connectivity index (χ4v) is 3.69. The molecule has 128 valence electrons. The van der Waals surface area contributed by atoms with Crippen molar-refractivity contribution in [2.45, 2.75) is 12.6 Å². The minimum atomic E-state index is -0.322. The molecule has 1 unspecified atom stereocenters. The highest BCUT2D eigenvalue weighted by molar-refractivity contribution is 6.31. The second-order valence-electron chi connectivity index (χ2n) is 6.62. The average molecular weight is 356 g/mol. The zero-order chi connectivity index (χ0) is 17.7. The van der Waals surface area contributed by atoms with Crippen LogP contribution >= 0.6 is 11.6 Å². The molecule has 1 atom stereocenters. The number of carbonyl (C=O) groups excluding carboxylic acids is 1. The van der Waals surface area contributed by atoms with Crippen LogP contribution in [0.4, 0.5) is 0 Å². The molecule has 1 aliphatic rings. The van der Waals surface area contributed by atoms with E-state index in [1.165, 1.54) is 6.07 Å². The Morgan fingerprint density at radius 2 is 2.00 bits per heavy atom. The Morgan fingerprint density at radius 1 is 1.20 bits per heavy atom. The van der Waals surface area contributed by atoms with E-state index in [2.05, 4.69) is 15.2 Å². The van der Waals surface area contributed by atoms with Crippen molar-refractivity contribution in [2.24, 2.45) is 0 Å². The van der Waals surface area contributed by atoms with Crippen LogP contribution in [0.2, 0.25) is 5.02 Å². The molecule has 3 aromatic rings. The molecule has 0 saturated heterocycles. The standard InChI is InChI=1S/C19H18ClN3O2/c1-23(2)9-16-17(14-7-10(20)3-6-15(14)21-16)18-13-8-11(24)4-5-12(13)19(25)22-18/h3-8,18,21,24H,9H2,1-2H3,(H,22,25). The third-order valence-electron chi connectivity index (χ3n) is 4.51. The summed E-state index contributed by atoms with van der Waals surface area (Å²) in [7, 11) is 3.99. The van der Waals surface area contributed by atoms with E-state index in [4.69, 9.17) is 11.6 Å². The first kappa shape index (κ1) is 16.0. The van der Waals surface area contributed by atoms with Crippen molar-refractivity contribution in [3.05, 3.63) is 63.8 Å². The number of aromatic hydroxyl groups is 1. The van der Waals surface area contributed by atoms with Gasteiger partial charge in [-0.25, -0.2) is 0 Å². The fourth-order valence-electron chi connectivity index (χ4n) is 3.52. The van der Waals surface area contributed by atoms with Crippen molar-refractivity contribution < 1.29 is 9.90 Å². The number of H-pyrrole nitrogens is 1. The van der Waals surface area contributed by atoms with Crippen molar-refractivity contribution in [3.8, 4) is 5.75 Å². The zero-order valence-corrected chi connectivity index (χ0v) is 14.7. The van der Waals surface area contributed by atoms with Crippen LogP contribution in [0.1, 0.15) is 33.2 Å². The van der Waals surface area contributed by atoms with Gasteiger partial charge in [0.05, 0.1) is 6.04 Å². The summed E-state index contributed by atoms with van der Waals surface area (Å²) >= 11 is 6.21. The summed E-state index contributed by atoms with van der Waals surface area (Å²) in [4.78, 5) is 17.9. The number of aromatic nitrogens is 1. The van der Waals surface area contributed by atoms with Crippen LogP contribution < -0.4 is 5.32 Å². The van der Waals surface area contributed by atoms with Crippen LogP contribution in [-0.4, -0.2) is 35.0 Å². The monoisotopic (exact) mass is 355 g/mol. The first-order valence-electron chi connectivity index (χ1n) is 8.02. The molecule has 0 spiro atoms. The van der Waals surface area contributed by atoms with Crippen LogP contribution in [-0.2, 0) is 6.54 Å². The first-order valence-corrected chi connectivity index (χ1v) is 8.40. The van der Waals surface area contributed by atoms with Gasteiger partial charge in [0.1, 0.15) is 5.75 Å². The number of hydrogen-bond donors (Lipinski definition) is 3. The maximum Gasteiger partial charge on any atom is 0.252 e. The van der Waals surface area contributed by atoms with Crippen molar-refractivity contribution in [3.63, 3.8) is 0 Å². The lowest BCUT2D eigenvalue weighted by Gasteiger charge is -2.17. The van der Waals surface area contributed by atoms with Crippen LogP contribution in [0.25, 0.3) is 10.9 Å². The van der Waals surface area contributed by atoms with Gasteiger partial charge in [0, 0.05) is 39.3 Å². The molecule has 1 amide bonds. The Hall–Kier alpha value is -2.50. The number of nitrogens with zero attached hydrogens (tertiary/aromatic N) is 1. The van der Waals surface area contributed by atoms with Gasteiger partial charge >= 0.3 is 0 Å². The van der Waals surface area contributed by atoms with Crippen LogP contribution in [0.15, 0.2) is 36.4 Å². The SMILES string of the molecule is CN(C)Cc1[nH]c2ccc(Cl)cc2c1C1NC(=O)c2ccc(O)cc21. The molecule has 1 aromatic heterocycles. The molecular formula is C19H18ClN3O2. The number of aromatic amines is 1. The van der Waals surface area contributed by atoms with Gasteiger partial charge in [-0.2, -0.15) is 0 Å². The van der Waals surface area contributed by atoms with E-state index in [1.54, 1.807) is 12.1 Å². The molecule has 0 bridgehead atoms. The minimum absolute atomic E-state index is 0.132. The predicted molar refractivity (Wildman–Crippen MR) is 98.1 cm³/mol. The minimum Gasteiger partial charge on any atom is -0.508 e. The van der Waals surface area contributed by atoms with Crippen molar-refractivity contribution in [1.82, 2.24) is 15.2 Å². The summed E-state index contributed by atoms with van der Waals surface area (Å²) < 4.78 is 0. The summed E-state index contributed by atoms with van der Waals surface area (Å²) in [6.07, 6.45) is 0. The van der Waals surface area contributed by atoms with Crippen molar-refractivity contribution >= 4 is 28.4 Å². The lowest BCUT2D eigenvalue weighted by molar-refractivity contribution is 0.0960. The molecule has 25 heavy (non-hydrogen) atoms. The molecule has 2 heterocycles. The molecule has 0 aliphatic carbocycles. The quantitative estimate of drug-likeness (QED) is 0.674. The highest BCUT2D eigenvalue weighted by Gasteiger charge is 2.33. The summed E-state index contributed by atoms with van der Waals surface area (Å²) in [5.41, 5.74) is 4.35. The van der Waals surface area contributed by atoms with Gasteiger partial charge in [0.25, 0.3) is 5.91 Å². The van der Waals surface area contributed by atoms with Gasteiger partial charge in [-0.3, -0.25) is 4.79 Å². The highest BCUT2D eigenvalue weighted by Crippen LogP contribution is 2.39. The Labute approximate surface area is 150 Å². The van der Waals surface area contributed by atoms with Gasteiger partial charge in [-0.15, -0.1) is 0 Å². The number of amides is 1. The number of hydrogen-bond acceptors (Lipinski definition) is 3. The Balaban J connectivity index is 1.96. The van der Waals surface area contributed by atoms with Crippen molar-refractivity contribution in [2.75, 3.05) is 14.1 Å². The molecule has 0 radical (unpaired) electrons. The number of rotatable bonds is 3. The summed E-state index contributed by atoms with van der Waals surface area (Å²) in [5.74, 6) is 0.0134. The van der Waals surface area contributed by atoms with Gasteiger partial charge in [-0.05, 0) is 56.1 Å². The van der Waals surface area contributed by atoms with Gasteiger partial charge in [0.2, 0.25) is 0 Å². The molecule has 5 nitrogen and oxygen atoms in total. The van der Waals surface area contributed by atoms with E-state index in [9.17, 15) is 9.90 Å². The number of nitrogens with one attached hydrogen (secondary N) is 2. The van der Waals surface area contributed by atoms with Crippen LogP contribution in [0, 0.1) is 0 Å². The Morgan fingerprint density at radius 3 is 2.76 bits per heavy atom. The molecular weight excluding hydrogens is 338 g/mol. The Bertz CT molecular complexity index is 994. The lowest BCUT2D eigenvalue weighted by Crippen LogP contribution is -2.22. The van der Waals surface area contributed by atoms with E-state index in [0.717, 1.165) is 27.7 Å². The van der Waals surface area contributed by atoms with E-state index < -0.39 is 0 Å². The fraction of sp³-hybridized carbons (Fsp3) is 0.211. The molecule has 0 fully saturated rings.